The molecule has 0 atom stereocenters. The summed E-state index contributed by atoms with van der Waals surface area (Å²) in [5, 5.41) is 3.37. The number of anilines is 1. The van der Waals surface area contributed by atoms with Crippen LogP contribution < -0.4 is 9.62 Å². The third-order valence-corrected chi connectivity index (χ3v) is 5.40. The van der Waals surface area contributed by atoms with Crippen molar-refractivity contribution in [2.24, 2.45) is 0 Å². The van der Waals surface area contributed by atoms with Crippen molar-refractivity contribution in [2.45, 2.75) is 38.6 Å². The molecule has 5 nitrogen and oxygen atoms in total. The van der Waals surface area contributed by atoms with Crippen molar-refractivity contribution in [3.8, 4) is 0 Å². The van der Waals surface area contributed by atoms with E-state index in [1.54, 1.807) is 18.2 Å². The van der Waals surface area contributed by atoms with Gasteiger partial charge in [-0.3, -0.25) is 9.10 Å². The minimum absolute atomic E-state index is 0.163. The van der Waals surface area contributed by atoms with E-state index >= 15 is 0 Å². The molecule has 7 heteroatoms. The van der Waals surface area contributed by atoms with Crippen LogP contribution in [0.5, 0.6) is 0 Å². The third-order valence-electron chi connectivity index (χ3n) is 3.85. The average Bonchev–Trinajstić information content (AvgIpc) is 2.91. The van der Waals surface area contributed by atoms with Crippen LogP contribution in [0.1, 0.15) is 31.2 Å². The molecule has 0 radical (unpaired) electrons. The van der Waals surface area contributed by atoms with Crippen LogP contribution in [0.4, 0.5) is 5.69 Å². The Morgan fingerprint density at radius 3 is 2.55 bits per heavy atom. The number of halogens is 1. The Morgan fingerprint density at radius 2 is 2.00 bits per heavy atom. The molecule has 0 saturated heterocycles. The molecular weight excluding hydrogens is 324 g/mol. The standard InChI is InChI=1S/C15H21ClN2O3S/c1-11-7-8-13(9-14(11)16)18(22(2,20)21)10-15(19)17-12-5-3-4-6-12/h7-9,12H,3-6,10H2,1-2H3,(H,17,19). The highest BCUT2D eigenvalue weighted by Gasteiger charge is 2.23. The predicted molar refractivity (Wildman–Crippen MR) is 88.8 cm³/mol. The zero-order valence-electron chi connectivity index (χ0n) is 12.8. The summed E-state index contributed by atoms with van der Waals surface area (Å²) in [5.41, 5.74) is 1.26. The number of hydrogen-bond acceptors (Lipinski definition) is 3. The number of hydrogen-bond donors (Lipinski definition) is 1. The van der Waals surface area contributed by atoms with Gasteiger partial charge in [0.25, 0.3) is 0 Å². The van der Waals surface area contributed by atoms with Crippen LogP contribution in [0.15, 0.2) is 18.2 Å². The van der Waals surface area contributed by atoms with Crippen molar-refractivity contribution in [1.82, 2.24) is 5.32 Å². The second kappa shape index (κ2) is 6.87. The Morgan fingerprint density at radius 1 is 1.36 bits per heavy atom. The summed E-state index contributed by atoms with van der Waals surface area (Å²) in [4.78, 5) is 12.1. The van der Waals surface area contributed by atoms with E-state index < -0.39 is 10.0 Å². The monoisotopic (exact) mass is 344 g/mol. The molecule has 1 saturated carbocycles. The van der Waals surface area contributed by atoms with Gasteiger partial charge in [0.2, 0.25) is 15.9 Å². The molecule has 0 unspecified atom stereocenters. The topological polar surface area (TPSA) is 66.5 Å². The number of carbonyl (C=O) groups is 1. The highest BCUT2D eigenvalue weighted by Crippen LogP contribution is 2.25. The van der Waals surface area contributed by atoms with Gasteiger partial charge in [0.05, 0.1) is 11.9 Å². The molecule has 1 aliphatic rings. The minimum Gasteiger partial charge on any atom is -0.352 e. The van der Waals surface area contributed by atoms with Crippen LogP contribution >= 0.6 is 11.6 Å². The maximum Gasteiger partial charge on any atom is 0.240 e. The number of carbonyl (C=O) groups excluding carboxylic acids is 1. The summed E-state index contributed by atoms with van der Waals surface area (Å²) in [6, 6.07) is 5.13. The number of sulfonamides is 1. The van der Waals surface area contributed by atoms with Gasteiger partial charge in [0, 0.05) is 11.1 Å². The molecule has 0 aliphatic heterocycles. The van der Waals surface area contributed by atoms with Gasteiger partial charge in [0.1, 0.15) is 6.54 Å². The summed E-state index contributed by atoms with van der Waals surface area (Å²) >= 11 is 6.06. The highest BCUT2D eigenvalue weighted by atomic mass is 35.5. The second-order valence-electron chi connectivity index (χ2n) is 5.75. The van der Waals surface area contributed by atoms with Crippen molar-refractivity contribution in [3.63, 3.8) is 0 Å². The Balaban J connectivity index is 2.16. The molecule has 0 spiro atoms. The molecule has 1 aliphatic carbocycles. The fraction of sp³-hybridized carbons (Fsp3) is 0.533. The lowest BCUT2D eigenvalue weighted by atomic mass is 10.2. The molecule has 0 bridgehead atoms. The quantitative estimate of drug-likeness (QED) is 0.892. The third kappa shape index (κ3) is 4.36. The Bertz CT molecular complexity index is 655. The van der Waals surface area contributed by atoms with E-state index in [1.165, 1.54) is 0 Å². The molecule has 1 aromatic carbocycles. The van der Waals surface area contributed by atoms with Crippen LogP contribution in [-0.2, 0) is 14.8 Å². The molecule has 122 valence electrons. The summed E-state index contributed by atoms with van der Waals surface area (Å²) in [5.74, 6) is -0.283. The zero-order chi connectivity index (χ0) is 16.3. The van der Waals surface area contributed by atoms with Gasteiger partial charge in [-0.2, -0.15) is 0 Å². The van der Waals surface area contributed by atoms with Gasteiger partial charge in [0.15, 0.2) is 0 Å². The zero-order valence-corrected chi connectivity index (χ0v) is 14.4. The smallest absolute Gasteiger partial charge is 0.240 e. The number of nitrogens with one attached hydrogen (secondary N) is 1. The predicted octanol–water partition coefficient (Wildman–Crippen LogP) is 2.47. The largest absolute Gasteiger partial charge is 0.352 e. The molecule has 1 N–H and O–H groups in total. The number of amides is 1. The van der Waals surface area contributed by atoms with Crippen molar-refractivity contribution in [2.75, 3.05) is 17.1 Å². The van der Waals surface area contributed by atoms with Gasteiger partial charge in [-0.25, -0.2) is 8.42 Å². The van der Waals surface area contributed by atoms with Crippen LogP contribution in [0.2, 0.25) is 5.02 Å². The first kappa shape index (κ1) is 17.1. The molecule has 22 heavy (non-hydrogen) atoms. The molecular formula is C15H21ClN2O3S. The van der Waals surface area contributed by atoms with E-state index in [-0.39, 0.29) is 18.5 Å². The highest BCUT2D eigenvalue weighted by molar-refractivity contribution is 7.92. The number of aryl methyl sites for hydroxylation is 1. The average molecular weight is 345 g/mol. The van der Waals surface area contributed by atoms with Crippen LogP contribution in [0.25, 0.3) is 0 Å². The number of benzene rings is 1. The van der Waals surface area contributed by atoms with Crippen molar-refractivity contribution >= 4 is 33.2 Å². The maximum absolute atomic E-state index is 12.1. The second-order valence-corrected chi connectivity index (χ2v) is 8.07. The Labute approximate surface area is 136 Å². The summed E-state index contributed by atoms with van der Waals surface area (Å²) in [6.45, 7) is 1.61. The first-order chi connectivity index (χ1) is 10.3. The molecule has 0 aromatic heterocycles. The van der Waals surface area contributed by atoms with Gasteiger partial charge in [-0.1, -0.05) is 30.5 Å². The van der Waals surface area contributed by atoms with E-state index in [0.29, 0.717) is 10.7 Å². The van der Waals surface area contributed by atoms with Crippen LogP contribution in [-0.4, -0.2) is 33.2 Å². The molecule has 1 amide bonds. The fourth-order valence-corrected chi connectivity index (χ4v) is 3.63. The van der Waals surface area contributed by atoms with Crippen molar-refractivity contribution < 1.29 is 13.2 Å². The lowest BCUT2D eigenvalue weighted by molar-refractivity contribution is -0.120. The first-order valence-corrected chi connectivity index (χ1v) is 9.53. The van der Waals surface area contributed by atoms with Crippen molar-refractivity contribution in [3.05, 3.63) is 28.8 Å². The Hall–Kier alpha value is -1.27. The van der Waals surface area contributed by atoms with E-state index in [1.807, 2.05) is 6.92 Å². The molecule has 1 fully saturated rings. The van der Waals surface area contributed by atoms with Gasteiger partial charge < -0.3 is 5.32 Å². The molecule has 2 rings (SSSR count). The molecule has 1 aromatic rings. The SMILES string of the molecule is Cc1ccc(N(CC(=O)NC2CCCC2)S(C)(=O)=O)cc1Cl. The summed E-state index contributed by atoms with van der Waals surface area (Å²) in [6.07, 6.45) is 5.22. The normalized spacial score (nSPS) is 15.8. The summed E-state index contributed by atoms with van der Waals surface area (Å²) in [7, 11) is -3.56. The maximum atomic E-state index is 12.1. The van der Waals surface area contributed by atoms with Crippen molar-refractivity contribution in [1.29, 1.82) is 0 Å². The summed E-state index contributed by atoms with van der Waals surface area (Å²) < 4.78 is 25.1. The molecule has 0 heterocycles. The van der Waals surface area contributed by atoms with Gasteiger partial charge in [-0.05, 0) is 37.5 Å². The minimum atomic E-state index is -3.56. The van der Waals surface area contributed by atoms with Crippen LogP contribution in [0, 0.1) is 6.92 Å². The lowest BCUT2D eigenvalue weighted by Crippen LogP contribution is -2.43. The van der Waals surface area contributed by atoms with Crippen LogP contribution in [0.3, 0.4) is 0 Å². The number of rotatable bonds is 5. The van der Waals surface area contributed by atoms with Gasteiger partial charge in [-0.15, -0.1) is 0 Å². The van der Waals surface area contributed by atoms with E-state index in [9.17, 15) is 13.2 Å². The Kier molecular flexibility index (Phi) is 5.34. The first-order valence-electron chi connectivity index (χ1n) is 7.30. The van der Waals surface area contributed by atoms with E-state index in [2.05, 4.69) is 5.32 Å². The number of nitrogens with zero attached hydrogens (tertiary/aromatic N) is 1. The lowest BCUT2D eigenvalue weighted by Gasteiger charge is -2.23. The van der Waals surface area contributed by atoms with E-state index in [4.69, 9.17) is 11.6 Å². The van der Waals surface area contributed by atoms with E-state index in [0.717, 1.165) is 41.8 Å². The fourth-order valence-electron chi connectivity index (χ4n) is 2.61. The van der Waals surface area contributed by atoms with Gasteiger partial charge >= 0.3 is 0 Å².